The molecule has 1 aromatic rings. The Morgan fingerprint density at radius 1 is 1.67 bits per heavy atom. The van der Waals surface area contributed by atoms with Crippen LogP contribution >= 0.6 is 11.3 Å². The molecule has 0 aliphatic rings. The molecule has 2 nitrogen and oxygen atoms in total. The summed E-state index contributed by atoms with van der Waals surface area (Å²) in [7, 11) is 0. The van der Waals surface area contributed by atoms with Gasteiger partial charge < -0.3 is 10.8 Å². The van der Waals surface area contributed by atoms with Gasteiger partial charge in [-0.1, -0.05) is 0 Å². The van der Waals surface area contributed by atoms with E-state index in [1.54, 1.807) is 11.3 Å². The number of aryl methyl sites for hydroxylation is 2. The highest BCUT2D eigenvalue weighted by atomic mass is 32.1. The van der Waals surface area contributed by atoms with Crippen LogP contribution in [0.1, 0.15) is 16.9 Å². The lowest BCUT2D eigenvalue weighted by Crippen LogP contribution is -2.19. The summed E-state index contributed by atoms with van der Waals surface area (Å²) in [5.41, 5.74) is 6.63. The molecule has 68 valence electrons. The van der Waals surface area contributed by atoms with E-state index in [0.29, 0.717) is 6.54 Å². The van der Waals surface area contributed by atoms with Crippen LogP contribution in [0, 0.1) is 6.92 Å². The van der Waals surface area contributed by atoms with Gasteiger partial charge in [0.25, 0.3) is 0 Å². The quantitative estimate of drug-likeness (QED) is 0.743. The van der Waals surface area contributed by atoms with Crippen molar-refractivity contribution in [2.45, 2.75) is 25.9 Å². The van der Waals surface area contributed by atoms with E-state index in [1.165, 1.54) is 10.4 Å². The first kappa shape index (κ1) is 9.71. The van der Waals surface area contributed by atoms with Crippen LogP contribution in [0.5, 0.6) is 0 Å². The van der Waals surface area contributed by atoms with Crippen LogP contribution in [0.15, 0.2) is 11.4 Å². The third kappa shape index (κ3) is 2.59. The van der Waals surface area contributed by atoms with E-state index in [-0.39, 0.29) is 6.10 Å². The molecule has 1 aromatic heterocycles. The van der Waals surface area contributed by atoms with Crippen LogP contribution in [0.2, 0.25) is 0 Å². The topological polar surface area (TPSA) is 46.2 Å². The van der Waals surface area contributed by atoms with E-state index in [4.69, 9.17) is 5.73 Å². The maximum Gasteiger partial charge on any atom is 0.0665 e. The molecule has 1 unspecified atom stereocenters. The average molecular weight is 185 g/mol. The summed E-state index contributed by atoms with van der Waals surface area (Å²) in [6, 6.07) is 2.11. The fraction of sp³-hybridized carbons (Fsp3) is 0.556. The van der Waals surface area contributed by atoms with E-state index < -0.39 is 0 Å². The van der Waals surface area contributed by atoms with Crippen molar-refractivity contribution in [1.82, 2.24) is 0 Å². The van der Waals surface area contributed by atoms with Gasteiger partial charge in [-0.2, -0.15) is 0 Å². The maximum absolute atomic E-state index is 9.23. The minimum Gasteiger partial charge on any atom is -0.392 e. The third-order valence-corrected chi connectivity index (χ3v) is 3.03. The first-order valence-corrected chi connectivity index (χ1v) is 5.03. The van der Waals surface area contributed by atoms with E-state index in [2.05, 4.69) is 18.4 Å². The van der Waals surface area contributed by atoms with Gasteiger partial charge in [0.1, 0.15) is 0 Å². The number of hydrogen-bond donors (Lipinski definition) is 2. The van der Waals surface area contributed by atoms with Crippen molar-refractivity contribution >= 4 is 11.3 Å². The molecule has 1 atom stereocenters. The summed E-state index contributed by atoms with van der Waals surface area (Å²) in [4.78, 5) is 1.36. The Hall–Kier alpha value is -0.380. The monoisotopic (exact) mass is 185 g/mol. The van der Waals surface area contributed by atoms with Crippen molar-refractivity contribution in [2.24, 2.45) is 5.73 Å². The van der Waals surface area contributed by atoms with Crippen LogP contribution in [-0.4, -0.2) is 17.8 Å². The molecule has 0 spiro atoms. The number of aliphatic hydroxyl groups is 1. The normalized spacial score (nSPS) is 13.2. The van der Waals surface area contributed by atoms with E-state index in [1.807, 2.05) is 0 Å². The standard InChI is InChI=1S/C9H15NOS/c1-7-4-5-12-9(7)3-2-8(11)6-10/h4-5,8,11H,2-3,6,10H2,1H3. The molecule has 0 saturated heterocycles. The van der Waals surface area contributed by atoms with Crippen molar-refractivity contribution in [1.29, 1.82) is 0 Å². The van der Waals surface area contributed by atoms with Gasteiger partial charge in [0, 0.05) is 11.4 Å². The number of aliphatic hydroxyl groups excluding tert-OH is 1. The zero-order chi connectivity index (χ0) is 8.97. The zero-order valence-corrected chi connectivity index (χ0v) is 8.10. The predicted molar refractivity (Wildman–Crippen MR) is 52.4 cm³/mol. The minimum absolute atomic E-state index is 0.341. The summed E-state index contributed by atoms with van der Waals surface area (Å²) in [5.74, 6) is 0. The largest absolute Gasteiger partial charge is 0.392 e. The molecule has 3 N–H and O–H groups in total. The van der Waals surface area contributed by atoms with E-state index in [0.717, 1.165) is 12.8 Å². The summed E-state index contributed by atoms with van der Waals surface area (Å²) in [5, 5.41) is 11.3. The van der Waals surface area contributed by atoms with Crippen molar-refractivity contribution in [3.63, 3.8) is 0 Å². The fourth-order valence-corrected chi connectivity index (χ4v) is 2.00. The highest BCUT2D eigenvalue weighted by Crippen LogP contribution is 2.17. The first-order valence-electron chi connectivity index (χ1n) is 4.15. The second-order valence-electron chi connectivity index (χ2n) is 2.95. The maximum atomic E-state index is 9.23. The third-order valence-electron chi connectivity index (χ3n) is 1.94. The first-order chi connectivity index (χ1) is 5.74. The molecule has 0 radical (unpaired) electrons. The molecule has 0 aliphatic carbocycles. The van der Waals surface area contributed by atoms with Crippen LogP contribution in [0.25, 0.3) is 0 Å². The number of rotatable bonds is 4. The minimum atomic E-state index is -0.341. The smallest absolute Gasteiger partial charge is 0.0665 e. The lowest BCUT2D eigenvalue weighted by atomic mass is 10.1. The van der Waals surface area contributed by atoms with Gasteiger partial charge in [-0.15, -0.1) is 11.3 Å². The molecular weight excluding hydrogens is 170 g/mol. The second-order valence-corrected chi connectivity index (χ2v) is 3.96. The van der Waals surface area contributed by atoms with Gasteiger partial charge in [0.2, 0.25) is 0 Å². The molecule has 0 fully saturated rings. The Labute approximate surface area is 77.0 Å². The van der Waals surface area contributed by atoms with Gasteiger partial charge in [0.05, 0.1) is 6.10 Å². The van der Waals surface area contributed by atoms with Gasteiger partial charge in [-0.3, -0.25) is 0 Å². The summed E-state index contributed by atoms with van der Waals surface area (Å²) in [6.07, 6.45) is 1.38. The molecule has 3 heteroatoms. The number of nitrogens with two attached hydrogens (primary N) is 1. The lowest BCUT2D eigenvalue weighted by molar-refractivity contribution is 0.173. The Morgan fingerprint density at radius 3 is 2.92 bits per heavy atom. The van der Waals surface area contributed by atoms with Crippen molar-refractivity contribution in [3.8, 4) is 0 Å². The predicted octanol–water partition coefficient (Wildman–Crippen LogP) is 1.31. The SMILES string of the molecule is Cc1ccsc1CCC(O)CN. The van der Waals surface area contributed by atoms with Gasteiger partial charge in [-0.25, -0.2) is 0 Å². The Kier molecular flexibility index (Phi) is 3.72. The van der Waals surface area contributed by atoms with E-state index >= 15 is 0 Å². The van der Waals surface area contributed by atoms with Crippen molar-refractivity contribution in [2.75, 3.05) is 6.54 Å². The second kappa shape index (κ2) is 4.60. The Morgan fingerprint density at radius 2 is 2.42 bits per heavy atom. The molecule has 0 bridgehead atoms. The van der Waals surface area contributed by atoms with Crippen LogP contribution in [0.4, 0.5) is 0 Å². The lowest BCUT2D eigenvalue weighted by Gasteiger charge is -2.05. The van der Waals surface area contributed by atoms with E-state index in [9.17, 15) is 5.11 Å². The van der Waals surface area contributed by atoms with Crippen LogP contribution < -0.4 is 5.73 Å². The molecular formula is C9H15NOS. The molecule has 0 aromatic carbocycles. The summed E-state index contributed by atoms with van der Waals surface area (Å²) in [6.45, 7) is 2.46. The van der Waals surface area contributed by atoms with Gasteiger partial charge >= 0.3 is 0 Å². The molecule has 0 amide bonds. The van der Waals surface area contributed by atoms with Crippen molar-refractivity contribution in [3.05, 3.63) is 21.9 Å². The Balaban J connectivity index is 2.38. The Bertz CT molecular complexity index is 234. The summed E-state index contributed by atoms with van der Waals surface area (Å²) >= 11 is 1.75. The van der Waals surface area contributed by atoms with Crippen LogP contribution in [0.3, 0.4) is 0 Å². The van der Waals surface area contributed by atoms with Gasteiger partial charge in [0.15, 0.2) is 0 Å². The molecule has 12 heavy (non-hydrogen) atoms. The molecule has 0 aliphatic heterocycles. The average Bonchev–Trinajstić information content (AvgIpc) is 2.47. The highest BCUT2D eigenvalue weighted by Gasteiger charge is 2.04. The molecule has 0 saturated carbocycles. The van der Waals surface area contributed by atoms with Crippen molar-refractivity contribution < 1.29 is 5.11 Å². The highest BCUT2D eigenvalue weighted by molar-refractivity contribution is 7.10. The fourth-order valence-electron chi connectivity index (χ4n) is 1.08. The summed E-state index contributed by atoms with van der Waals surface area (Å²) < 4.78 is 0. The van der Waals surface area contributed by atoms with Crippen LogP contribution in [-0.2, 0) is 6.42 Å². The molecule has 1 heterocycles. The zero-order valence-electron chi connectivity index (χ0n) is 7.29. The van der Waals surface area contributed by atoms with Gasteiger partial charge in [-0.05, 0) is 36.8 Å². The number of thiophene rings is 1. The molecule has 1 rings (SSSR count). The number of hydrogen-bond acceptors (Lipinski definition) is 3.